The van der Waals surface area contributed by atoms with Crippen LogP contribution in [0.4, 0.5) is 11.4 Å². The summed E-state index contributed by atoms with van der Waals surface area (Å²) < 4.78 is 10.4. The fraction of sp³-hybridized carbons (Fsp3) is 0.318. The fourth-order valence-corrected chi connectivity index (χ4v) is 3.71. The monoisotopic (exact) mass is 437 g/mol. The zero-order chi connectivity index (χ0) is 23.0. The number of aryl methyl sites for hydroxylation is 2. The third-order valence-corrected chi connectivity index (χ3v) is 5.59. The van der Waals surface area contributed by atoms with E-state index in [1.165, 1.54) is 19.2 Å². The lowest BCUT2D eigenvalue weighted by atomic mass is 10.1. The first-order valence-corrected chi connectivity index (χ1v) is 9.98. The summed E-state index contributed by atoms with van der Waals surface area (Å²) in [6, 6.07) is 8.43. The van der Waals surface area contributed by atoms with E-state index in [4.69, 9.17) is 9.47 Å². The fourth-order valence-electron chi connectivity index (χ4n) is 3.71. The molecule has 0 aromatic heterocycles. The summed E-state index contributed by atoms with van der Waals surface area (Å²) in [5, 5.41) is 11.8. The van der Waals surface area contributed by atoms with E-state index in [1.807, 2.05) is 19.9 Å². The first-order chi connectivity index (χ1) is 15.3. The topological polar surface area (TPSA) is 113 Å². The maximum Gasteiger partial charge on any atom is 0.263 e. The van der Waals surface area contributed by atoms with Crippen LogP contribution in [0.1, 0.15) is 11.1 Å². The Morgan fingerprint density at radius 1 is 1.03 bits per heavy atom. The number of fused-ring (bicyclic) bond motifs is 1. The molecule has 2 heterocycles. The Hall–Kier alpha value is -3.95. The van der Waals surface area contributed by atoms with Crippen molar-refractivity contribution in [3.63, 3.8) is 0 Å². The van der Waals surface area contributed by atoms with Crippen molar-refractivity contribution < 1.29 is 23.9 Å². The molecule has 10 heteroatoms. The number of amides is 3. The second kappa shape index (κ2) is 8.29. The van der Waals surface area contributed by atoms with Crippen molar-refractivity contribution in [1.82, 2.24) is 5.01 Å². The highest BCUT2D eigenvalue weighted by Gasteiger charge is 2.55. The number of hydrogen-bond acceptors (Lipinski definition) is 8. The number of nitrogens with one attached hydrogen (secondary N) is 1. The molecule has 0 spiro atoms. The smallest absolute Gasteiger partial charge is 0.263 e. The molecule has 2 aromatic rings. The average Bonchev–Trinajstić information content (AvgIpc) is 3.29. The second-order valence-electron chi connectivity index (χ2n) is 7.59. The Labute approximate surface area is 184 Å². The molecule has 166 valence electrons. The van der Waals surface area contributed by atoms with Crippen LogP contribution in [0.25, 0.3) is 0 Å². The van der Waals surface area contributed by atoms with Gasteiger partial charge >= 0.3 is 0 Å². The zero-order valence-corrected chi connectivity index (χ0v) is 18.2. The maximum atomic E-state index is 13.1. The minimum atomic E-state index is -0.965. The van der Waals surface area contributed by atoms with Crippen LogP contribution in [-0.2, 0) is 14.4 Å². The van der Waals surface area contributed by atoms with E-state index in [2.05, 4.69) is 15.7 Å². The number of ether oxygens (including phenoxy) is 2. The third kappa shape index (κ3) is 3.64. The van der Waals surface area contributed by atoms with Gasteiger partial charge in [-0.05, 0) is 49.2 Å². The molecule has 0 aliphatic carbocycles. The van der Waals surface area contributed by atoms with E-state index in [9.17, 15) is 14.4 Å². The van der Waals surface area contributed by atoms with Crippen molar-refractivity contribution in [2.24, 2.45) is 10.3 Å². The van der Waals surface area contributed by atoms with Gasteiger partial charge in [0.05, 0.1) is 25.6 Å². The number of carbonyl (C=O) groups is 3. The number of carbonyl (C=O) groups excluding carboxylic acids is 3. The van der Waals surface area contributed by atoms with Gasteiger partial charge in [-0.25, -0.2) is 4.90 Å². The summed E-state index contributed by atoms with van der Waals surface area (Å²) in [5.41, 5.74) is 2.95. The van der Waals surface area contributed by atoms with Crippen LogP contribution in [0, 0.1) is 13.8 Å². The molecule has 2 aliphatic rings. The predicted octanol–water partition coefficient (Wildman–Crippen LogP) is 2.25. The van der Waals surface area contributed by atoms with Gasteiger partial charge < -0.3 is 14.8 Å². The Balaban J connectivity index is 1.49. The van der Waals surface area contributed by atoms with Crippen molar-refractivity contribution in [1.29, 1.82) is 0 Å². The summed E-state index contributed by atoms with van der Waals surface area (Å²) >= 11 is 0. The van der Waals surface area contributed by atoms with Crippen LogP contribution in [-0.4, -0.2) is 55.6 Å². The van der Waals surface area contributed by atoms with Gasteiger partial charge in [0, 0.05) is 6.07 Å². The minimum absolute atomic E-state index is 0.250. The summed E-state index contributed by atoms with van der Waals surface area (Å²) in [6.07, 6.45) is 0. The molecule has 0 bridgehead atoms. The molecule has 2 unspecified atom stereocenters. The molecule has 10 nitrogen and oxygen atoms in total. The Morgan fingerprint density at radius 3 is 2.50 bits per heavy atom. The molecule has 1 fully saturated rings. The highest BCUT2D eigenvalue weighted by atomic mass is 16.5. The highest BCUT2D eigenvalue weighted by Crippen LogP contribution is 2.33. The molecule has 1 saturated heterocycles. The number of hydrogen-bond donors (Lipinski definition) is 1. The largest absolute Gasteiger partial charge is 0.497 e. The number of nitrogens with zero attached hydrogens (tertiary/aromatic N) is 4. The first-order valence-electron chi connectivity index (χ1n) is 9.98. The molecule has 2 aliphatic heterocycles. The van der Waals surface area contributed by atoms with E-state index < -0.39 is 29.8 Å². The maximum absolute atomic E-state index is 13.1. The van der Waals surface area contributed by atoms with Crippen LogP contribution in [0.5, 0.6) is 11.5 Å². The van der Waals surface area contributed by atoms with E-state index in [0.717, 1.165) is 16.0 Å². The molecule has 0 radical (unpaired) electrons. The summed E-state index contributed by atoms with van der Waals surface area (Å²) in [6.45, 7) is 3.61. The Bertz CT molecular complexity index is 1130. The van der Waals surface area contributed by atoms with Gasteiger partial charge in [-0.1, -0.05) is 11.3 Å². The van der Waals surface area contributed by atoms with Crippen molar-refractivity contribution in [3.05, 3.63) is 47.5 Å². The van der Waals surface area contributed by atoms with Crippen LogP contribution in [0.15, 0.2) is 46.7 Å². The lowest BCUT2D eigenvalue weighted by Gasteiger charge is -2.21. The molecule has 0 saturated carbocycles. The molecular formula is C22H23N5O5. The van der Waals surface area contributed by atoms with Crippen LogP contribution in [0.2, 0.25) is 0 Å². The number of rotatable bonds is 6. The zero-order valence-electron chi connectivity index (χ0n) is 18.2. The minimum Gasteiger partial charge on any atom is -0.497 e. The SMILES string of the molecule is COc1ccc(NC(=O)CN2N=NC3C(=O)N(c4ccc(C)c(C)c4)C(=O)C32)c(OC)c1. The number of methoxy groups -OCH3 is 2. The average molecular weight is 437 g/mol. The van der Waals surface area contributed by atoms with Gasteiger partial charge in [0.1, 0.15) is 18.0 Å². The van der Waals surface area contributed by atoms with E-state index >= 15 is 0 Å². The van der Waals surface area contributed by atoms with Crippen LogP contribution >= 0.6 is 0 Å². The standard InChI is InChI=1S/C22H23N5O5/c1-12-5-6-14(9-13(12)2)27-21(29)19-20(22(27)30)26(25-24-19)11-18(28)23-16-8-7-15(31-3)10-17(16)32-4/h5-10,19-20H,11H2,1-4H3,(H,23,28). The number of benzene rings is 2. The van der Waals surface area contributed by atoms with Crippen molar-refractivity contribution in [3.8, 4) is 11.5 Å². The quantitative estimate of drug-likeness (QED) is 0.694. The van der Waals surface area contributed by atoms with E-state index in [1.54, 1.807) is 30.3 Å². The summed E-state index contributed by atoms with van der Waals surface area (Å²) in [4.78, 5) is 39.7. The predicted molar refractivity (Wildman–Crippen MR) is 116 cm³/mol. The van der Waals surface area contributed by atoms with Gasteiger partial charge in [0.25, 0.3) is 11.8 Å². The van der Waals surface area contributed by atoms with Crippen molar-refractivity contribution >= 4 is 29.1 Å². The molecule has 3 amide bonds. The lowest BCUT2D eigenvalue weighted by molar-refractivity contribution is -0.123. The summed E-state index contributed by atoms with van der Waals surface area (Å²) in [5.74, 6) is -0.336. The normalized spacial score (nSPS) is 19.4. The van der Waals surface area contributed by atoms with Crippen LogP contribution < -0.4 is 19.7 Å². The van der Waals surface area contributed by atoms with E-state index in [-0.39, 0.29) is 6.54 Å². The Morgan fingerprint density at radius 2 is 1.81 bits per heavy atom. The van der Waals surface area contributed by atoms with Crippen molar-refractivity contribution in [2.75, 3.05) is 31.0 Å². The highest BCUT2D eigenvalue weighted by molar-refractivity contribution is 6.25. The number of imide groups is 1. The number of anilines is 2. The molecule has 1 N–H and O–H groups in total. The van der Waals surface area contributed by atoms with Gasteiger partial charge in [0.15, 0.2) is 12.1 Å². The van der Waals surface area contributed by atoms with Gasteiger partial charge in [-0.3, -0.25) is 19.4 Å². The summed E-state index contributed by atoms with van der Waals surface area (Å²) in [7, 11) is 3.01. The molecule has 32 heavy (non-hydrogen) atoms. The van der Waals surface area contributed by atoms with Gasteiger partial charge in [-0.15, -0.1) is 0 Å². The Kier molecular flexibility index (Phi) is 5.52. The van der Waals surface area contributed by atoms with Crippen LogP contribution in [0.3, 0.4) is 0 Å². The molecule has 4 rings (SSSR count). The molecular weight excluding hydrogens is 414 g/mol. The van der Waals surface area contributed by atoms with Gasteiger partial charge in [0.2, 0.25) is 5.91 Å². The third-order valence-electron chi connectivity index (χ3n) is 5.59. The molecule has 2 atom stereocenters. The lowest BCUT2D eigenvalue weighted by Crippen LogP contribution is -2.43. The van der Waals surface area contributed by atoms with E-state index in [0.29, 0.717) is 22.9 Å². The second-order valence-corrected chi connectivity index (χ2v) is 7.59. The molecule has 2 aromatic carbocycles. The van der Waals surface area contributed by atoms with Gasteiger partial charge in [-0.2, -0.15) is 5.11 Å². The van der Waals surface area contributed by atoms with Crippen molar-refractivity contribution in [2.45, 2.75) is 25.9 Å². The first kappa shape index (κ1) is 21.3.